The zero-order valence-electron chi connectivity index (χ0n) is 17.9. The molecule has 3 aromatic rings. The van der Waals surface area contributed by atoms with Crippen LogP contribution >= 0.6 is 22.9 Å². The number of halogens is 2. The fourth-order valence-electron chi connectivity index (χ4n) is 3.16. The number of aliphatic carboxylic acids is 2. The van der Waals surface area contributed by atoms with Crippen LogP contribution in [0.2, 0.25) is 5.28 Å². The predicted octanol–water partition coefficient (Wildman–Crippen LogP) is 1.86. The summed E-state index contributed by atoms with van der Waals surface area (Å²) in [6.45, 7) is -0.614. The third kappa shape index (κ3) is 5.48. The van der Waals surface area contributed by atoms with Gasteiger partial charge in [-0.15, -0.1) is 11.3 Å². The van der Waals surface area contributed by atoms with Gasteiger partial charge in [0.15, 0.2) is 17.8 Å². The number of imidazole rings is 1. The maximum atomic E-state index is 15.1. The van der Waals surface area contributed by atoms with E-state index in [0.717, 1.165) is 10.9 Å². The summed E-state index contributed by atoms with van der Waals surface area (Å²) in [6.07, 6.45) is -2.83. The summed E-state index contributed by atoms with van der Waals surface area (Å²) >= 11 is 6.50. The van der Waals surface area contributed by atoms with Crippen molar-refractivity contribution in [1.29, 1.82) is 0 Å². The summed E-state index contributed by atoms with van der Waals surface area (Å²) in [4.78, 5) is 46.6. The van der Waals surface area contributed by atoms with Crippen LogP contribution in [0.1, 0.15) is 27.3 Å². The number of rotatable bonds is 12. The number of thiophene rings is 1. The molecule has 13 nitrogen and oxygen atoms in total. The topological polar surface area (TPSA) is 200 Å². The van der Waals surface area contributed by atoms with Gasteiger partial charge in [0.1, 0.15) is 10.4 Å². The Balaban J connectivity index is 1.78. The third-order valence-electron chi connectivity index (χ3n) is 5.02. The average Bonchev–Trinajstić information content (AvgIpc) is 3.42. The Bertz CT molecular complexity index is 1250. The molecule has 3 aromatic heterocycles. The van der Waals surface area contributed by atoms with E-state index in [0.29, 0.717) is 11.3 Å². The van der Waals surface area contributed by atoms with Crippen LogP contribution in [0, 0.1) is 0 Å². The first-order chi connectivity index (χ1) is 16.5. The van der Waals surface area contributed by atoms with E-state index >= 15 is 4.39 Å². The summed E-state index contributed by atoms with van der Waals surface area (Å²) in [6, 6.07) is 2.52. The number of alkyl halides is 1. The number of nitrogen functional groups attached to an aromatic ring is 1. The van der Waals surface area contributed by atoms with Crippen LogP contribution in [0.5, 0.6) is 0 Å². The first-order valence-corrected chi connectivity index (χ1v) is 10.9. The normalized spacial score (nSPS) is 13.6. The monoisotopic (exact) mass is 531 g/mol. The lowest BCUT2D eigenvalue weighted by Gasteiger charge is -2.27. The molecule has 188 valence electrons. The number of nitrogens with two attached hydrogens (primary N) is 1. The number of hydrogen-bond donors (Lipinski definition) is 4. The molecule has 0 saturated carbocycles. The number of anilines is 1. The molecule has 5 N–H and O–H groups in total. The van der Waals surface area contributed by atoms with Crippen LogP contribution in [0.3, 0.4) is 0 Å². The molecule has 0 saturated heterocycles. The number of carboxylic acid groups (broad SMARTS) is 3. The molecule has 0 amide bonds. The maximum Gasteiger partial charge on any atom is 0.348 e. The highest BCUT2D eigenvalue weighted by Gasteiger charge is 2.49. The molecule has 0 fully saturated rings. The third-order valence-corrected chi connectivity index (χ3v) is 6.26. The van der Waals surface area contributed by atoms with Crippen molar-refractivity contribution in [3.8, 4) is 0 Å². The molecule has 0 aliphatic heterocycles. The van der Waals surface area contributed by atoms with Crippen LogP contribution in [-0.2, 0) is 25.5 Å². The van der Waals surface area contributed by atoms with Gasteiger partial charge in [0.05, 0.1) is 19.0 Å². The molecule has 0 bridgehead atoms. The first kappa shape index (κ1) is 26.2. The highest BCUT2D eigenvalue weighted by atomic mass is 35.5. The lowest BCUT2D eigenvalue weighted by atomic mass is 9.98. The molecule has 0 aromatic carbocycles. The molecule has 2 atom stereocenters. The molecule has 3 heterocycles. The van der Waals surface area contributed by atoms with E-state index in [1.807, 2.05) is 0 Å². The number of fused-ring (bicyclic) bond motifs is 1. The second-order valence-corrected chi connectivity index (χ2v) is 8.73. The number of hydrogen-bond acceptors (Lipinski definition) is 10. The van der Waals surface area contributed by atoms with Gasteiger partial charge < -0.3 is 30.5 Å². The molecule has 2 unspecified atom stereocenters. The van der Waals surface area contributed by atoms with E-state index in [2.05, 4.69) is 15.0 Å². The smallest absolute Gasteiger partial charge is 0.348 e. The highest BCUT2D eigenvalue weighted by Crippen LogP contribution is 2.28. The van der Waals surface area contributed by atoms with Crippen LogP contribution in [0.25, 0.3) is 11.2 Å². The molecule has 0 aliphatic carbocycles. The number of aromatic carboxylic acids is 1. The standard InChI is InChI=1S/C19H19ClFN5O8S/c1-33-8(4-11(21)26-7-23-12-13(22)24-18(20)25-14(12)26)6-34-19(16(29)30,17(31)32)5-9-2-3-10(35-9)15(27)28/h2-3,7-8,11H,4-6H2,1H3,(H,27,28)(H,29,30)(H,31,32)(H2,22,24,25). The quantitative estimate of drug-likeness (QED) is 0.195. The van der Waals surface area contributed by atoms with Crippen LogP contribution in [0.4, 0.5) is 10.2 Å². The Morgan fingerprint density at radius 1 is 1.26 bits per heavy atom. The average molecular weight is 532 g/mol. The summed E-state index contributed by atoms with van der Waals surface area (Å²) in [5, 5.41) is 28.2. The molecular formula is C19H19ClFN5O8S. The zero-order valence-corrected chi connectivity index (χ0v) is 19.5. The number of nitrogens with zero attached hydrogens (tertiary/aromatic N) is 4. The molecule has 16 heteroatoms. The van der Waals surface area contributed by atoms with Gasteiger partial charge in [0.2, 0.25) is 5.28 Å². The zero-order chi connectivity index (χ0) is 25.9. The van der Waals surface area contributed by atoms with E-state index in [1.54, 1.807) is 0 Å². The van der Waals surface area contributed by atoms with Crippen molar-refractivity contribution in [2.75, 3.05) is 19.5 Å². The first-order valence-electron chi connectivity index (χ1n) is 9.73. The maximum absolute atomic E-state index is 15.1. The van der Waals surface area contributed by atoms with E-state index < -0.39 is 55.4 Å². The Hall–Kier alpha value is -3.40. The van der Waals surface area contributed by atoms with Gasteiger partial charge in [-0.1, -0.05) is 0 Å². The Labute approximate surface area is 204 Å². The minimum atomic E-state index is -2.76. The summed E-state index contributed by atoms with van der Waals surface area (Å²) in [5.74, 6) is -4.93. The minimum Gasteiger partial charge on any atom is -0.479 e. The number of carboxylic acids is 3. The van der Waals surface area contributed by atoms with Crippen molar-refractivity contribution < 1.29 is 43.6 Å². The predicted molar refractivity (Wildman–Crippen MR) is 119 cm³/mol. The van der Waals surface area contributed by atoms with E-state index in [1.165, 1.54) is 19.2 Å². The van der Waals surface area contributed by atoms with Gasteiger partial charge in [0, 0.05) is 24.8 Å². The summed E-state index contributed by atoms with van der Waals surface area (Å²) < 4.78 is 26.6. The van der Waals surface area contributed by atoms with Crippen molar-refractivity contribution in [3.63, 3.8) is 0 Å². The van der Waals surface area contributed by atoms with Crippen LogP contribution in [0.15, 0.2) is 18.5 Å². The van der Waals surface area contributed by atoms with Crippen molar-refractivity contribution in [1.82, 2.24) is 19.5 Å². The summed E-state index contributed by atoms with van der Waals surface area (Å²) in [7, 11) is 1.21. The van der Waals surface area contributed by atoms with Crippen molar-refractivity contribution in [2.24, 2.45) is 0 Å². The lowest BCUT2D eigenvalue weighted by Crippen LogP contribution is -2.52. The number of ether oxygens (including phenoxy) is 2. The molecular weight excluding hydrogens is 513 g/mol. The largest absolute Gasteiger partial charge is 0.479 e. The molecule has 3 rings (SSSR count). The van der Waals surface area contributed by atoms with Gasteiger partial charge in [0.25, 0.3) is 5.60 Å². The minimum absolute atomic E-state index is 0.0168. The van der Waals surface area contributed by atoms with Gasteiger partial charge in [-0.3, -0.25) is 4.57 Å². The molecule has 0 aliphatic rings. The summed E-state index contributed by atoms with van der Waals surface area (Å²) in [5.41, 5.74) is 3.08. The number of aromatic nitrogens is 4. The Morgan fingerprint density at radius 2 is 1.94 bits per heavy atom. The number of methoxy groups -OCH3 is 1. The van der Waals surface area contributed by atoms with Crippen LogP contribution < -0.4 is 5.73 Å². The van der Waals surface area contributed by atoms with E-state index in [-0.39, 0.29) is 32.0 Å². The Kier molecular flexibility index (Phi) is 7.84. The van der Waals surface area contributed by atoms with Crippen LogP contribution in [-0.4, -0.2) is 78.2 Å². The Morgan fingerprint density at radius 3 is 2.51 bits per heavy atom. The highest BCUT2D eigenvalue weighted by molar-refractivity contribution is 7.13. The van der Waals surface area contributed by atoms with Crippen molar-refractivity contribution >= 4 is 57.8 Å². The second-order valence-electron chi connectivity index (χ2n) is 7.23. The second kappa shape index (κ2) is 10.5. The van der Waals surface area contributed by atoms with Gasteiger partial charge in [-0.25, -0.2) is 23.8 Å². The van der Waals surface area contributed by atoms with Crippen molar-refractivity contribution in [2.45, 2.75) is 30.8 Å². The molecule has 0 radical (unpaired) electrons. The SMILES string of the molecule is COC(COC(Cc1ccc(C(=O)O)s1)(C(=O)O)C(=O)O)CC(F)n1cnc2c(N)nc(Cl)nc21. The van der Waals surface area contributed by atoms with E-state index in [4.69, 9.17) is 31.9 Å². The lowest BCUT2D eigenvalue weighted by molar-refractivity contribution is -0.187. The van der Waals surface area contributed by atoms with Gasteiger partial charge >= 0.3 is 17.9 Å². The molecule has 35 heavy (non-hydrogen) atoms. The molecule has 0 spiro atoms. The van der Waals surface area contributed by atoms with Gasteiger partial charge in [-0.05, 0) is 23.7 Å². The van der Waals surface area contributed by atoms with Gasteiger partial charge in [-0.2, -0.15) is 9.97 Å². The fourth-order valence-corrected chi connectivity index (χ4v) is 4.25. The van der Waals surface area contributed by atoms with Crippen molar-refractivity contribution in [3.05, 3.63) is 33.5 Å². The fraction of sp³-hybridized carbons (Fsp3) is 0.368. The van der Waals surface area contributed by atoms with E-state index in [9.17, 15) is 24.6 Å². The number of carbonyl (C=O) groups is 3.